The van der Waals surface area contributed by atoms with Crippen molar-refractivity contribution >= 4 is 11.8 Å². The van der Waals surface area contributed by atoms with Crippen LogP contribution in [0.4, 0.5) is 0 Å². The van der Waals surface area contributed by atoms with Crippen molar-refractivity contribution in [3.63, 3.8) is 0 Å². The van der Waals surface area contributed by atoms with Crippen LogP contribution in [0.5, 0.6) is 0 Å². The van der Waals surface area contributed by atoms with Crippen LogP contribution in [0.1, 0.15) is 83.5 Å². The maximum atomic E-state index is 12.7. The summed E-state index contributed by atoms with van der Waals surface area (Å²) in [6.45, 7) is 6.07. The maximum absolute atomic E-state index is 12.7. The zero-order chi connectivity index (χ0) is 19.6. The number of nitrogens with one attached hydrogen (secondary N) is 1. The minimum absolute atomic E-state index is 0.202. The number of piperidine rings is 1. The molecule has 2 heterocycles. The summed E-state index contributed by atoms with van der Waals surface area (Å²) in [5.41, 5.74) is 0. The summed E-state index contributed by atoms with van der Waals surface area (Å²) >= 11 is 0. The van der Waals surface area contributed by atoms with Gasteiger partial charge in [-0.25, -0.2) is 0 Å². The Morgan fingerprint density at radius 3 is 2.11 bits per heavy atom. The summed E-state index contributed by atoms with van der Waals surface area (Å²) in [5.74, 6) is 1.31. The lowest BCUT2D eigenvalue weighted by atomic mass is 9.87. The number of hydrogen-bond acceptors (Lipinski definition) is 3. The smallest absolute Gasteiger partial charge is 0.225 e. The van der Waals surface area contributed by atoms with Gasteiger partial charge in [0.05, 0.1) is 0 Å². The van der Waals surface area contributed by atoms with E-state index in [1.807, 2.05) is 0 Å². The second kappa shape index (κ2) is 11.8. The van der Waals surface area contributed by atoms with Crippen molar-refractivity contribution in [2.75, 3.05) is 39.3 Å². The molecule has 160 valence electrons. The van der Waals surface area contributed by atoms with Crippen LogP contribution >= 0.6 is 0 Å². The Balaban J connectivity index is 1.25. The van der Waals surface area contributed by atoms with E-state index >= 15 is 0 Å². The molecule has 1 saturated carbocycles. The number of likely N-dealkylation sites (tertiary alicyclic amines) is 2. The van der Waals surface area contributed by atoms with E-state index in [1.54, 1.807) is 0 Å². The minimum Gasteiger partial charge on any atom is -0.356 e. The van der Waals surface area contributed by atoms with E-state index in [1.165, 1.54) is 58.0 Å². The molecule has 3 fully saturated rings. The Morgan fingerprint density at radius 2 is 1.43 bits per heavy atom. The van der Waals surface area contributed by atoms with Crippen LogP contribution in [0.25, 0.3) is 0 Å². The summed E-state index contributed by atoms with van der Waals surface area (Å²) < 4.78 is 0. The Hall–Kier alpha value is -1.10. The van der Waals surface area contributed by atoms with Crippen LogP contribution in [0.3, 0.4) is 0 Å². The van der Waals surface area contributed by atoms with Gasteiger partial charge in [0.2, 0.25) is 11.8 Å². The van der Waals surface area contributed by atoms with Crippen molar-refractivity contribution < 1.29 is 9.59 Å². The lowest BCUT2D eigenvalue weighted by Crippen LogP contribution is -2.43. The monoisotopic (exact) mass is 391 g/mol. The molecule has 1 aliphatic carbocycles. The number of hydrogen-bond donors (Lipinski definition) is 1. The molecule has 1 N–H and O–H groups in total. The lowest BCUT2D eigenvalue weighted by Gasteiger charge is -2.35. The molecular weight excluding hydrogens is 350 g/mol. The number of nitrogens with zero attached hydrogens (tertiary/aromatic N) is 2. The summed E-state index contributed by atoms with van der Waals surface area (Å²) in [7, 11) is 0. The molecule has 0 radical (unpaired) electrons. The molecule has 0 unspecified atom stereocenters. The highest BCUT2D eigenvalue weighted by atomic mass is 16.2. The normalized spacial score (nSPS) is 23.4. The fourth-order valence-electron chi connectivity index (χ4n) is 5.19. The molecule has 0 atom stereocenters. The fourth-order valence-corrected chi connectivity index (χ4v) is 5.19. The minimum atomic E-state index is 0.202. The van der Waals surface area contributed by atoms with Gasteiger partial charge in [-0.15, -0.1) is 0 Å². The first-order valence-electron chi connectivity index (χ1n) is 12.0. The third-order valence-electron chi connectivity index (χ3n) is 7.03. The van der Waals surface area contributed by atoms with E-state index in [9.17, 15) is 9.59 Å². The first-order chi connectivity index (χ1) is 13.7. The molecule has 0 aromatic rings. The van der Waals surface area contributed by atoms with Gasteiger partial charge in [0.15, 0.2) is 0 Å². The number of carbonyl (C=O) groups is 2. The van der Waals surface area contributed by atoms with E-state index in [2.05, 4.69) is 15.1 Å². The van der Waals surface area contributed by atoms with Gasteiger partial charge < -0.3 is 15.1 Å². The van der Waals surface area contributed by atoms with Gasteiger partial charge >= 0.3 is 0 Å². The predicted octanol–water partition coefficient (Wildman–Crippen LogP) is 3.58. The zero-order valence-electron chi connectivity index (χ0n) is 17.8. The molecule has 0 aromatic carbocycles. The van der Waals surface area contributed by atoms with Crippen LogP contribution in [0, 0.1) is 11.8 Å². The standard InChI is InChI=1S/C23H41N3O2/c27-22(24-13-8-16-25-14-6-1-2-7-15-25)19-20-11-17-26(18-12-20)23(28)21-9-4-3-5-10-21/h20-21H,1-19H2,(H,24,27). The van der Waals surface area contributed by atoms with Gasteiger partial charge in [-0.05, 0) is 70.5 Å². The number of rotatable bonds is 7. The molecule has 3 rings (SSSR count). The van der Waals surface area contributed by atoms with Gasteiger partial charge in [-0.1, -0.05) is 32.1 Å². The molecule has 0 aromatic heterocycles. The Bertz CT molecular complexity index is 474. The van der Waals surface area contributed by atoms with Crippen molar-refractivity contribution in [3.8, 4) is 0 Å². The van der Waals surface area contributed by atoms with Gasteiger partial charge in [-0.3, -0.25) is 9.59 Å². The predicted molar refractivity (Wildman–Crippen MR) is 113 cm³/mol. The third kappa shape index (κ3) is 7.06. The van der Waals surface area contributed by atoms with Crippen LogP contribution < -0.4 is 5.32 Å². The molecule has 3 aliphatic rings. The summed E-state index contributed by atoms with van der Waals surface area (Å²) in [6, 6.07) is 0. The second-order valence-electron chi connectivity index (χ2n) is 9.27. The average Bonchev–Trinajstić information content (AvgIpc) is 3.01. The van der Waals surface area contributed by atoms with Gasteiger partial charge in [-0.2, -0.15) is 0 Å². The summed E-state index contributed by atoms with van der Waals surface area (Å²) in [5, 5.41) is 3.12. The van der Waals surface area contributed by atoms with Gasteiger partial charge in [0.1, 0.15) is 0 Å². The van der Waals surface area contributed by atoms with Crippen LogP contribution in [0.15, 0.2) is 0 Å². The van der Waals surface area contributed by atoms with E-state index in [4.69, 9.17) is 0 Å². The van der Waals surface area contributed by atoms with Crippen LogP contribution in [-0.4, -0.2) is 60.9 Å². The van der Waals surface area contributed by atoms with E-state index in [0.29, 0.717) is 18.2 Å². The van der Waals surface area contributed by atoms with Crippen LogP contribution in [-0.2, 0) is 9.59 Å². The number of carbonyl (C=O) groups excluding carboxylic acids is 2. The van der Waals surface area contributed by atoms with Crippen LogP contribution in [0.2, 0.25) is 0 Å². The zero-order valence-corrected chi connectivity index (χ0v) is 17.8. The largest absolute Gasteiger partial charge is 0.356 e. The Labute approximate surface area is 171 Å². The highest BCUT2D eigenvalue weighted by molar-refractivity contribution is 5.79. The molecule has 2 aliphatic heterocycles. The third-order valence-corrected chi connectivity index (χ3v) is 7.03. The molecule has 0 spiro atoms. The quantitative estimate of drug-likeness (QED) is 0.675. The molecule has 0 bridgehead atoms. The van der Waals surface area contributed by atoms with Crippen molar-refractivity contribution in [2.45, 2.75) is 83.5 Å². The SMILES string of the molecule is O=C(CC1CCN(C(=O)C2CCCCC2)CC1)NCCCN1CCCCCC1. The first-order valence-corrected chi connectivity index (χ1v) is 12.0. The number of amides is 2. The van der Waals surface area contributed by atoms with E-state index in [-0.39, 0.29) is 11.8 Å². The van der Waals surface area contributed by atoms with Crippen molar-refractivity contribution in [3.05, 3.63) is 0 Å². The lowest BCUT2D eigenvalue weighted by molar-refractivity contribution is -0.138. The van der Waals surface area contributed by atoms with Crippen molar-refractivity contribution in [2.24, 2.45) is 11.8 Å². The van der Waals surface area contributed by atoms with Crippen molar-refractivity contribution in [1.29, 1.82) is 0 Å². The summed E-state index contributed by atoms with van der Waals surface area (Å²) in [6.07, 6.45) is 14.9. The Kier molecular flexibility index (Phi) is 9.10. The van der Waals surface area contributed by atoms with E-state index in [0.717, 1.165) is 58.3 Å². The van der Waals surface area contributed by atoms with E-state index < -0.39 is 0 Å². The highest BCUT2D eigenvalue weighted by Gasteiger charge is 2.29. The molecule has 5 nitrogen and oxygen atoms in total. The fraction of sp³-hybridized carbons (Fsp3) is 0.913. The second-order valence-corrected chi connectivity index (χ2v) is 9.27. The molecule has 2 amide bonds. The maximum Gasteiger partial charge on any atom is 0.225 e. The molecular formula is C23H41N3O2. The highest BCUT2D eigenvalue weighted by Crippen LogP contribution is 2.28. The topological polar surface area (TPSA) is 52.7 Å². The van der Waals surface area contributed by atoms with Crippen molar-refractivity contribution in [1.82, 2.24) is 15.1 Å². The first kappa shape index (κ1) is 21.6. The average molecular weight is 392 g/mol. The summed E-state index contributed by atoms with van der Waals surface area (Å²) in [4.78, 5) is 29.6. The molecule has 28 heavy (non-hydrogen) atoms. The molecule has 5 heteroatoms. The molecule has 2 saturated heterocycles. The van der Waals surface area contributed by atoms with Gasteiger partial charge in [0.25, 0.3) is 0 Å². The van der Waals surface area contributed by atoms with Gasteiger partial charge in [0, 0.05) is 32.0 Å². The Morgan fingerprint density at radius 1 is 0.786 bits per heavy atom.